The van der Waals surface area contributed by atoms with Gasteiger partial charge in [-0.25, -0.2) is 0 Å². The van der Waals surface area contributed by atoms with Crippen LogP contribution in [0.4, 0.5) is 0 Å². The summed E-state index contributed by atoms with van der Waals surface area (Å²) in [5.41, 5.74) is 7.13. The second kappa shape index (κ2) is 5.10. The van der Waals surface area contributed by atoms with Crippen LogP contribution in [-0.4, -0.2) is 22.7 Å². The molecule has 0 fully saturated rings. The van der Waals surface area contributed by atoms with Gasteiger partial charge in [0.1, 0.15) is 0 Å². The van der Waals surface area contributed by atoms with Crippen molar-refractivity contribution in [3.63, 3.8) is 0 Å². The van der Waals surface area contributed by atoms with Crippen molar-refractivity contribution in [2.45, 2.75) is 18.2 Å². The highest BCUT2D eigenvalue weighted by atomic mass is 32.2. The average molecular weight is 279 g/mol. The summed E-state index contributed by atoms with van der Waals surface area (Å²) in [6.07, 6.45) is 0. The Hall–Kier alpha value is -1.73. The van der Waals surface area contributed by atoms with Gasteiger partial charge >= 0.3 is 0 Å². The SMILES string of the molecule is Cc1nnc(SCC(N)c2ccc3c(c2)OCO3)o1. The predicted molar refractivity (Wildman–Crippen MR) is 69.3 cm³/mol. The summed E-state index contributed by atoms with van der Waals surface area (Å²) < 4.78 is 15.9. The molecule has 1 aliphatic rings. The standard InChI is InChI=1S/C12H13N3O3S/c1-7-14-15-12(18-7)19-5-9(13)8-2-3-10-11(4-8)17-6-16-10/h2-4,9H,5-6,13H2,1H3. The Kier molecular flexibility index (Phi) is 3.31. The summed E-state index contributed by atoms with van der Waals surface area (Å²) >= 11 is 1.44. The maximum Gasteiger partial charge on any atom is 0.276 e. The van der Waals surface area contributed by atoms with Crippen LogP contribution in [0, 0.1) is 6.92 Å². The molecular formula is C12H13N3O3S. The van der Waals surface area contributed by atoms with Gasteiger partial charge in [0.15, 0.2) is 11.5 Å². The molecule has 1 aliphatic heterocycles. The summed E-state index contributed by atoms with van der Waals surface area (Å²) in [4.78, 5) is 0. The zero-order valence-corrected chi connectivity index (χ0v) is 11.1. The van der Waals surface area contributed by atoms with E-state index in [-0.39, 0.29) is 12.8 Å². The van der Waals surface area contributed by atoms with Crippen LogP contribution in [0.5, 0.6) is 11.5 Å². The topological polar surface area (TPSA) is 83.4 Å². The van der Waals surface area contributed by atoms with E-state index < -0.39 is 0 Å². The van der Waals surface area contributed by atoms with Gasteiger partial charge in [-0.2, -0.15) is 0 Å². The first-order valence-corrected chi connectivity index (χ1v) is 6.79. The largest absolute Gasteiger partial charge is 0.454 e. The van der Waals surface area contributed by atoms with Crippen molar-refractivity contribution in [2.24, 2.45) is 5.73 Å². The summed E-state index contributed by atoms with van der Waals surface area (Å²) in [5, 5.41) is 8.22. The molecule has 0 aliphatic carbocycles. The minimum atomic E-state index is -0.133. The van der Waals surface area contributed by atoms with Crippen molar-refractivity contribution in [1.29, 1.82) is 0 Å². The van der Waals surface area contributed by atoms with Crippen LogP contribution >= 0.6 is 11.8 Å². The molecule has 1 aromatic carbocycles. The highest BCUT2D eigenvalue weighted by molar-refractivity contribution is 7.99. The zero-order chi connectivity index (χ0) is 13.2. The molecule has 0 radical (unpaired) electrons. The Morgan fingerprint density at radius 3 is 2.95 bits per heavy atom. The third-order valence-electron chi connectivity index (χ3n) is 2.72. The molecule has 0 spiro atoms. The van der Waals surface area contributed by atoms with Crippen molar-refractivity contribution in [1.82, 2.24) is 10.2 Å². The molecular weight excluding hydrogens is 266 g/mol. The number of thioether (sulfide) groups is 1. The highest BCUT2D eigenvalue weighted by Crippen LogP contribution is 2.34. The number of aromatic nitrogens is 2. The van der Waals surface area contributed by atoms with Crippen molar-refractivity contribution in [3.8, 4) is 11.5 Å². The first kappa shape index (κ1) is 12.3. The van der Waals surface area contributed by atoms with Gasteiger partial charge in [0, 0.05) is 18.7 Å². The number of aryl methyl sites for hydroxylation is 1. The maximum absolute atomic E-state index is 6.14. The zero-order valence-electron chi connectivity index (χ0n) is 10.3. The van der Waals surface area contributed by atoms with E-state index in [0.29, 0.717) is 16.9 Å². The van der Waals surface area contributed by atoms with Gasteiger partial charge in [-0.1, -0.05) is 17.8 Å². The number of ether oxygens (including phenoxy) is 2. The lowest BCUT2D eigenvalue weighted by Gasteiger charge is -2.10. The molecule has 0 saturated carbocycles. The van der Waals surface area contributed by atoms with Crippen molar-refractivity contribution in [2.75, 3.05) is 12.5 Å². The Morgan fingerprint density at radius 1 is 1.32 bits per heavy atom. The van der Waals surface area contributed by atoms with E-state index in [1.54, 1.807) is 6.92 Å². The van der Waals surface area contributed by atoms with E-state index in [2.05, 4.69) is 10.2 Å². The van der Waals surface area contributed by atoms with Gasteiger partial charge in [-0.3, -0.25) is 0 Å². The fourth-order valence-electron chi connectivity index (χ4n) is 1.74. The molecule has 1 atom stereocenters. The van der Waals surface area contributed by atoms with Crippen LogP contribution < -0.4 is 15.2 Å². The first-order chi connectivity index (χ1) is 9.22. The normalized spacial score (nSPS) is 14.6. The first-order valence-electron chi connectivity index (χ1n) is 5.80. The molecule has 6 nitrogen and oxygen atoms in total. The van der Waals surface area contributed by atoms with Gasteiger partial charge in [-0.15, -0.1) is 10.2 Å². The summed E-state index contributed by atoms with van der Waals surface area (Å²) in [6.45, 7) is 2.03. The smallest absolute Gasteiger partial charge is 0.276 e. The number of benzene rings is 1. The fraction of sp³-hybridized carbons (Fsp3) is 0.333. The van der Waals surface area contributed by atoms with E-state index in [4.69, 9.17) is 19.6 Å². The molecule has 7 heteroatoms. The Balaban J connectivity index is 1.65. The Bertz CT molecular complexity index is 587. The van der Waals surface area contributed by atoms with E-state index >= 15 is 0 Å². The third-order valence-corrected chi connectivity index (χ3v) is 3.66. The quantitative estimate of drug-likeness (QED) is 0.856. The van der Waals surface area contributed by atoms with Crippen LogP contribution in [0.1, 0.15) is 17.5 Å². The minimum Gasteiger partial charge on any atom is -0.454 e. The molecule has 19 heavy (non-hydrogen) atoms. The molecule has 0 bridgehead atoms. The molecule has 0 saturated heterocycles. The van der Waals surface area contributed by atoms with Crippen molar-refractivity contribution in [3.05, 3.63) is 29.7 Å². The lowest BCUT2D eigenvalue weighted by molar-refractivity contribution is 0.174. The lowest BCUT2D eigenvalue weighted by atomic mass is 10.1. The molecule has 2 heterocycles. The molecule has 0 amide bonds. The second-order valence-corrected chi connectivity index (χ2v) is 5.09. The van der Waals surface area contributed by atoms with Crippen LogP contribution in [0.25, 0.3) is 0 Å². The molecule has 1 unspecified atom stereocenters. The number of nitrogens with two attached hydrogens (primary N) is 1. The van der Waals surface area contributed by atoms with Crippen molar-refractivity contribution >= 4 is 11.8 Å². The number of hydrogen-bond donors (Lipinski definition) is 1. The van der Waals surface area contributed by atoms with Gasteiger partial charge in [0.25, 0.3) is 5.22 Å². The predicted octanol–water partition coefficient (Wildman–Crippen LogP) is 1.90. The lowest BCUT2D eigenvalue weighted by Crippen LogP contribution is -2.12. The van der Waals surface area contributed by atoms with E-state index in [1.807, 2.05) is 18.2 Å². The summed E-state index contributed by atoms with van der Waals surface area (Å²) in [6, 6.07) is 5.59. The Morgan fingerprint density at radius 2 is 2.16 bits per heavy atom. The van der Waals surface area contributed by atoms with Crippen LogP contribution in [0.3, 0.4) is 0 Å². The molecule has 100 valence electrons. The number of nitrogens with zero attached hydrogens (tertiary/aromatic N) is 2. The number of fused-ring (bicyclic) bond motifs is 1. The third kappa shape index (κ3) is 2.66. The van der Waals surface area contributed by atoms with E-state index in [9.17, 15) is 0 Å². The van der Waals surface area contributed by atoms with Crippen LogP contribution in [0.2, 0.25) is 0 Å². The van der Waals surface area contributed by atoms with Gasteiger partial charge < -0.3 is 19.6 Å². The van der Waals surface area contributed by atoms with E-state index in [0.717, 1.165) is 17.1 Å². The van der Waals surface area contributed by atoms with Gasteiger partial charge in [0.2, 0.25) is 12.7 Å². The molecule has 2 aromatic rings. The van der Waals surface area contributed by atoms with Crippen LogP contribution in [0.15, 0.2) is 27.8 Å². The average Bonchev–Trinajstić information content (AvgIpc) is 3.03. The summed E-state index contributed by atoms with van der Waals surface area (Å²) in [5.74, 6) is 2.71. The second-order valence-electron chi connectivity index (χ2n) is 4.12. The highest BCUT2D eigenvalue weighted by Gasteiger charge is 2.16. The van der Waals surface area contributed by atoms with Crippen molar-refractivity contribution < 1.29 is 13.9 Å². The van der Waals surface area contributed by atoms with E-state index in [1.165, 1.54) is 11.8 Å². The monoisotopic (exact) mass is 279 g/mol. The minimum absolute atomic E-state index is 0.133. The fourth-order valence-corrected chi connectivity index (χ4v) is 2.53. The Labute approximate surface area is 114 Å². The maximum atomic E-state index is 6.14. The molecule has 2 N–H and O–H groups in total. The molecule has 3 rings (SSSR count). The number of hydrogen-bond acceptors (Lipinski definition) is 7. The van der Waals surface area contributed by atoms with Crippen LogP contribution in [-0.2, 0) is 0 Å². The summed E-state index contributed by atoms with van der Waals surface area (Å²) in [7, 11) is 0. The van der Waals surface area contributed by atoms with Gasteiger partial charge in [-0.05, 0) is 17.7 Å². The molecule has 1 aromatic heterocycles. The number of rotatable bonds is 4. The van der Waals surface area contributed by atoms with Gasteiger partial charge in [0.05, 0.1) is 0 Å².